The van der Waals surface area contributed by atoms with Crippen LogP contribution in [0.2, 0.25) is 0 Å². The summed E-state index contributed by atoms with van der Waals surface area (Å²) < 4.78 is 18.4. The number of methoxy groups -OCH3 is 1. The van der Waals surface area contributed by atoms with Crippen molar-refractivity contribution in [2.24, 2.45) is 5.92 Å². The number of rotatable bonds is 6. The highest BCUT2D eigenvalue weighted by Crippen LogP contribution is 2.37. The number of hydrogen-bond donors (Lipinski definition) is 1. The van der Waals surface area contributed by atoms with Crippen molar-refractivity contribution >= 4 is 16.9 Å². The van der Waals surface area contributed by atoms with Crippen molar-refractivity contribution in [2.75, 3.05) is 20.2 Å². The van der Waals surface area contributed by atoms with E-state index in [4.69, 9.17) is 13.6 Å². The van der Waals surface area contributed by atoms with E-state index in [-0.39, 0.29) is 41.7 Å². The first-order valence-electron chi connectivity index (χ1n) is 13.2. The van der Waals surface area contributed by atoms with E-state index >= 15 is 0 Å². The Hall–Kier alpha value is -4.44. The number of benzene rings is 1. The lowest BCUT2D eigenvalue weighted by Gasteiger charge is -2.42. The van der Waals surface area contributed by atoms with E-state index in [0.29, 0.717) is 36.4 Å². The molecule has 2 aliphatic heterocycles. The Morgan fingerprint density at radius 3 is 2.75 bits per heavy atom. The molecule has 3 aromatic heterocycles. The van der Waals surface area contributed by atoms with Crippen molar-refractivity contribution in [2.45, 2.75) is 37.8 Å². The fourth-order valence-electron chi connectivity index (χ4n) is 6.14. The van der Waals surface area contributed by atoms with E-state index in [9.17, 15) is 24.3 Å². The first-order valence-corrected chi connectivity index (χ1v) is 13.2. The van der Waals surface area contributed by atoms with Crippen LogP contribution in [-0.4, -0.2) is 40.7 Å². The maximum absolute atomic E-state index is 13.4. The van der Waals surface area contributed by atoms with Crippen molar-refractivity contribution in [3.05, 3.63) is 108 Å². The van der Waals surface area contributed by atoms with Crippen LogP contribution in [0.3, 0.4) is 0 Å². The standard InChI is InChI=1S/C30H28N2O8/c1-38-27(35)11-21(22-16-39-25-7-3-2-5-20(25)28(22)36)30-29(37)24(33)10-19(40-30)15-31-12-17-9-18(14-31)23-6-4-8-26(34)32(23)13-17/h2-8,10,16-18,21,37H,9,11-15H2,1H3/t17-,18+,21+/m0/s1. The van der Waals surface area contributed by atoms with Gasteiger partial charge in [-0.15, -0.1) is 0 Å². The molecule has 0 aliphatic carbocycles. The molecule has 40 heavy (non-hydrogen) atoms. The normalized spacial score (nSPS) is 19.2. The molecule has 0 saturated carbocycles. The Morgan fingerprint density at radius 1 is 1.10 bits per heavy atom. The summed E-state index contributed by atoms with van der Waals surface area (Å²) in [7, 11) is 1.22. The predicted octanol–water partition coefficient (Wildman–Crippen LogP) is 2.93. The summed E-state index contributed by atoms with van der Waals surface area (Å²) in [6, 6.07) is 13.3. The third-order valence-corrected chi connectivity index (χ3v) is 7.93. The molecule has 10 heteroatoms. The molecule has 2 aliphatic rings. The maximum Gasteiger partial charge on any atom is 0.306 e. The zero-order valence-corrected chi connectivity index (χ0v) is 21.9. The Morgan fingerprint density at radius 2 is 1.93 bits per heavy atom. The van der Waals surface area contributed by atoms with E-state index in [0.717, 1.165) is 12.1 Å². The van der Waals surface area contributed by atoms with Gasteiger partial charge in [0, 0.05) is 48.9 Å². The fourth-order valence-corrected chi connectivity index (χ4v) is 6.14. The fraction of sp³-hybridized carbons (Fsp3) is 0.333. The summed E-state index contributed by atoms with van der Waals surface area (Å²) in [6.07, 6.45) is 1.86. The molecule has 1 fully saturated rings. The van der Waals surface area contributed by atoms with E-state index < -0.39 is 28.5 Å². The summed E-state index contributed by atoms with van der Waals surface area (Å²) in [5.74, 6) is -1.90. The smallest absolute Gasteiger partial charge is 0.306 e. The van der Waals surface area contributed by atoms with Crippen LogP contribution in [0.4, 0.5) is 0 Å². The molecule has 1 N–H and O–H groups in total. The molecule has 2 bridgehead atoms. The summed E-state index contributed by atoms with van der Waals surface area (Å²) in [6.45, 7) is 2.28. The minimum absolute atomic E-state index is 0.00429. The number of carbonyl (C=O) groups excluding carboxylic acids is 1. The van der Waals surface area contributed by atoms with Gasteiger partial charge in [0.2, 0.25) is 11.2 Å². The third-order valence-electron chi connectivity index (χ3n) is 7.93. The average molecular weight is 545 g/mol. The molecule has 1 saturated heterocycles. The SMILES string of the molecule is COC(=O)C[C@@H](c1oc(CN2C[C@@H]3C[C@H](C2)c2cccc(=O)n2C3)cc(=O)c1O)c1coc2ccccc2c1=O. The predicted molar refractivity (Wildman–Crippen MR) is 144 cm³/mol. The Kier molecular flexibility index (Phi) is 6.63. The Bertz CT molecular complexity index is 1790. The number of piperidine rings is 1. The molecule has 206 valence electrons. The monoisotopic (exact) mass is 544 g/mol. The van der Waals surface area contributed by atoms with E-state index in [1.54, 1.807) is 36.4 Å². The lowest BCUT2D eigenvalue weighted by molar-refractivity contribution is -0.140. The van der Waals surface area contributed by atoms with Gasteiger partial charge in [-0.05, 0) is 30.5 Å². The van der Waals surface area contributed by atoms with E-state index in [1.807, 2.05) is 10.6 Å². The van der Waals surface area contributed by atoms with Crippen LogP contribution in [0.25, 0.3) is 11.0 Å². The van der Waals surface area contributed by atoms with Crippen molar-refractivity contribution in [1.82, 2.24) is 9.47 Å². The summed E-state index contributed by atoms with van der Waals surface area (Å²) in [5.41, 5.74) is 0.361. The van der Waals surface area contributed by atoms with Gasteiger partial charge in [0.1, 0.15) is 11.3 Å². The molecule has 0 unspecified atom stereocenters. The zero-order chi connectivity index (χ0) is 28.0. The van der Waals surface area contributed by atoms with E-state index in [1.165, 1.54) is 19.4 Å². The second-order valence-electron chi connectivity index (χ2n) is 10.5. The van der Waals surface area contributed by atoms with Crippen LogP contribution in [-0.2, 0) is 22.6 Å². The molecular formula is C30H28N2O8. The van der Waals surface area contributed by atoms with Gasteiger partial charge >= 0.3 is 5.97 Å². The maximum atomic E-state index is 13.4. The summed E-state index contributed by atoms with van der Waals surface area (Å²) in [4.78, 5) is 53.2. The first-order chi connectivity index (χ1) is 19.3. The number of carbonyl (C=O) groups is 1. The number of fused-ring (bicyclic) bond motifs is 5. The minimum atomic E-state index is -1.11. The van der Waals surface area contributed by atoms with Crippen molar-refractivity contribution < 1.29 is 23.5 Å². The largest absolute Gasteiger partial charge is 0.502 e. The molecule has 1 aromatic carbocycles. The van der Waals surface area contributed by atoms with Gasteiger partial charge in [-0.25, -0.2) is 0 Å². The molecular weight excluding hydrogens is 516 g/mol. The van der Waals surface area contributed by atoms with Crippen molar-refractivity contribution in [3.63, 3.8) is 0 Å². The van der Waals surface area contributed by atoms with Gasteiger partial charge in [-0.2, -0.15) is 0 Å². The van der Waals surface area contributed by atoms with Gasteiger partial charge in [0.25, 0.3) is 5.56 Å². The molecule has 5 heterocycles. The quantitative estimate of drug-likeness (QED) is 0.364. The number of aromatic nitrogens is 1. The average Bonchev–Trinajstić information content (AvgIpc) is 2.95. The highest BCUT2D eigenvalue weighted by molar-refractivity contribution is 5.77. The van der Waals surface area contributed by atoms with Crippen LogP contribution >= 0.6 is 0 Å². The highest BCUT2D eigenvalue weighted by atomic mass is 16.5. The molecule has 0 amide bonds. The number of para-hydroxylation sites is 1. The summed E-state index contributed by atoms with van der Waals surface area (Å²) >= 11 is 0. The second kappa shape index (κ2) is 10.3. The number of likely N-dealkylation sites (tertiary alicyclic amines) is 1. The lowest BCUT2D eigenvalue weighted by Crippen LogP contribution is -2.46. The third kappa shape index (κ3) is 4.64. The van der Waals surface area contributed by atoms with Crippen molar-refractivity contribution in [3.8, 4) is 5.75 Å². The highest BCUT2D eigenvalue weighted by Gasteiger charge is 2.35. The van der Waals surface area contributed by atoms with Gasteiger partial charge in [-0.1, -0.05) is 18.2 Å². The van der Waals surface area contributed by atoms with E-state index in [2.05, 4.69) is 4.90 Å². The van der Waals surface area contributed by atoms with Gasteiger partial charge in [0.05, 0.1) is 37.6 Å². The number of pyridine rings is 1. The van der Waals surface area contributed by atoms with Crippen LogP contribution < -0.4 is 16.4 Å². The number of ether oxygens (including phenoxy) is 1. The molecule has 0 spiro atoms. The van der Waals surface area contributed by atoms with Gasteiger partial charge in [0.15, 0.2) is 11.2 Å². The number of esters is 1. The minimum Gasteiger partial charge on any atom is -0.502 e. The van der Waals surface area contributed by atoms with Crippen LogP contribution in [0.1, 0.15) is 47.5 Å². The Balaban J connectivity index is 1.36. The topological polar surface area (TPSA) is 132 Å². The Labute approximate surface area is 228 Å². The number of nitrogens with zero attached hydrogens (tertiary/aromatic N) is 2. The summed E-state index contributed by atoms with van der Waals surface area (Å²) in [5, 5.41) is 11.1. The molecule has 4 aromatic rings. The lowest BCUT2D eigenvalue weighted by atomic mass is 9.83. The molecule has 0 radical (unpaired) electrons. The number of aromatic hydroxyl groups is 1. The van der Waals surface area contributed by atoms with Gasteiger partial charge in [-0.3, -0.25) is 24.1 Å². The second-order valence-corrected chi connectivity index (χ2v) is 10.5. The zero-order valence-electron chi connectivity index (χ0n) is 21.9. The molecule has 10 nitrogen and oxygen atoms in total. The number of hydrogen-bond acceptors (Lipinski definition) is 9. The molecule has 6 rings (SSSR count). The molecule has 3 atom stereocenters. The van der Waals surface area contributed by atoms with Crippen LogP contribution in [0.5, 0.6) is 5.75 Å². The van der Waals surface area contributed by atoms with Crippen LogP contribution in [0, 0.1) is 5.92 Å². The van der Waals surface area contributed by atoms with Gasteiger partial charge < -0.3 is 23.2 Å². The first kappa shape index (κ1) is 25.8. The van der Waals surface area contributed by atoms with Crippen LogP contribution in [0.15, 0.2) is 78.0 Å². The van der Waals surface area contributed by atoms with Crippen molar-refractivity contribution in [1.29, 1.82) is 0 Å².